The molecule has 0 spiro atoms. The van der Waals surface area contributed by atoms with Crippen LogP contribution >= 0.6 is 0 Å². The Hall–Kier alpha value is -7.34. The number of fused-ring (bicyclic) bond motifs is 7. The van der Waals surface area contributed by atoms with Crippen LogP contribution in [0.1, 0.15) is 0 Å². The van der Waals surface area contributed by atoms with Gasteiger partial charge in [-0.1, -0.05) is 176 Å². The number of hydrogen-bond acceptors (Lipinski definition) is 2. The summed E-state index contributed by atoms with van der Waals surface area (Å²) in [6, 6.07) is 79.3. The van der Waals surface area contributed by atoms with E-state index in [9.17, 15) is 0 Å². The van der Waals surface area contributed by atoms with Gasteiger partial charge < -0.3 is 14.0 Å². The highest BCUT2D eigenvalue weighted by molar-refractivity contribution is 7.20. The predicted molar refractivity (Wildman–Crippen MR) is 247 cm³/mol. The molecular weight excluding hydrogens is 733 g/mol. The molecule has 2 aliphatic rings. The molecule has 9 aromatic carbocycles. The summed E-state index contributed by atoms with van der Waals surface area (Å²) in [5, 5.41) is 7.79. The van der Waals surface area contributed by atoms with Crippen molar-refractivity contribution in [3.8, 4) is 45.2 Å². The molecule has 0 amide bonds. The van der Waals surface area contributed by atoms with Crippen LogP contribution in [-0.4, -0.2) is 19.6 Å². The van der Waals surface area contributed by atoms with E-state index in [1.165, 1.54) is 42.6 Å². The summed E-state index contributed by atoms with van der Waals surface area (Å²) in [5.41, 5.74) is 10.1. The minimum absolute atomic E-state index is 0.339. The highest BCUT2D eigenvalue weighted by atomic mass is 28.3. The Morgan fingerprint density at radius 1 is 0.390 bits per heavy atom. The number of ether oxygens (including phenoxy) is 1. The van der Waals surface area contributed by atoms with E-state index in [0.717, 1.165) is 56.1 Å². The van der Waals surface area contributed by atoms with Crippen molar-refractivity contribution in [2.24, 2.45) is 0 Å². The van der Waals surface area contributed by atoms with Gasteiger partial charge in [0, 0.05) is 32.9 Å². The SMILES string of the molecule is c1ccc([Si](c2ccccc2)(c2ccccc2)c2ccc3c(c2)OB2c4cc(-c5cccc(-n6c7ccccc7c7ccccc76)c5)ccc4Oc4cccc-3c42)cc1. The van der Waals surface area contributed by atoms with Gasteiger partial charge in [-0.15, -0.1) is 0 Å². The Balaban J connectivity index is 1.00. The molecule has 276 valence electrons. The lowest BCUT2D eigenvalue weighted by Crippen LogP contribution is -2.74. The number of rotatable bonds is 6. The van der Waals surface area contributed by atoms with Gasteiger partial charge in [0.25, 0.3) is 0 Å². The van der Waals surface area contributed by atoms with Gasteiger partial charge in [0.15, 0.2) is 8.07 Å². The first-order chi connectivity index (χ1) is 29.3. The van der Waals surface area contributed by atoms with Crippen LogP contribution in [0.25, 0.3) is 49.7 Å². The molecule has 12 rings (SSSR count). The molecule has 3 heterocycles. The van der Waals surface area contributed by atoms with Gasteiger partial charge in [0.1, 0.15) is 17.2 Å². The first-order valence-electron chi connectivity index (χ1n) is 20.3. The van der Waals surface area contributed by atoms with Gasteiger partial charge in [0.2, 0.25) is 0 Å². The highest BCUT2D eigenvalue weighted by Crippen LogP contribution is 2.40. The minimum Gasteiger partial charge on any atom is -0.551 e. The maximum Gasteiger partial charge on any atom is 0.434 e. The molecule has 0 bridgehead atoms. The third-order valence-corrected chi connectivity index (χ3v) is 17.2. The van der Waals surface area contributed by atoms with E-state index < -0.39 is 8.07 Å². The van der Waals surface area contributed by atoms with E-state index in [2.05, 4.69) is 223 Å². The zero-order chi connectivity index (χ0) is 38.9. The molecule has 0 saturated heterocycles. The summed E-state index contributed by atoms with van der Waals surface area (Å²) in [7, 11) is -2.77. The summed E-state index contributed by atoms with van der Waals surface area (Å²) >= 11 is 0. The van der Waals surface area contributed by atoms with E-state index in [1.54, 1.807) is 0 Å². The fourth-order valence-corrected chi connectivity index (χ4v) is 14.6. The molecule has 0 radical (unpaired) electrons. The average Bonchev–Trinajstić information content (AvgIpc) is 3.65. The number of benzene rings is 9. The first kappa shape index (κ1) is 33.8. The molecule has 0 saturated carbocycles. The Bertz CT molecular complexity index is 3090. The van der Waals surface area contributed by atoms with Gasteiger partial charge in [-0.3, -0.25) is 0 Å². The lowest BCUT2D eigenvalue weighted by molar-refractivity contribution is 0.479. The number of aromatic nitrogens is 1. The lowest BCUT2D eigenvalue weighted by Gasteiger charge is -2.37. The molecule has 0 aliphatic carbocycles. The van der Waals surface area contributed by atoms with E-state index in [4.69, 9.17) is 9.39 Å². The van der Waals surface area contributed by atoms with E-state index in [0.29, 0.717) is 0 Å². The molecule has 0 N–H and O–H groups in total. The van der Waals surface area contributed by atoms with Crippen LogP contribution in [0.5, 0.6) is 17.2 Å². The Labute approximate surface area is 344 Å². The molecular formula is C54H36BNO2Si. The number of para-hydroxylation sites is 2. The van der Waals surface area contributed by atoms with Crippen molar-refractivity contribution < 1.29 is 9.39 Å². The summed E-state index contributed by atoms with van der Waals surface area (Å²) < 4.78 is 16.4. The second kappa shape index (κ2) is 13.4. The van der Waals surface area contributed by atoms with Crippen molar-refractivity contribution in [3.05, 3.63) is 218 Å². The predicted octanol–water partition coefficient (Wildman–Crippen LogP) is 9.10. The van der Waals surface area contributed by atoms with Gasteiger partial charge in [0.05, 0.1) is 11.0 Å². The van der Waals surface area contributed by atoms with Gasteiger partial charge in [-0.2, -0.15) is 0 Å². The third kappa shape index (κ3) is 5.15. The second-order valence-corrected chi connectivity index (χ2v) is 19.4. The number of nitrogens with zero attached hydrogens (tertiary/aromatic N) is 1. The standard InChI is InChI=1S/C54H36BNO2Si/c1-4-18-40(19-5-1)59(41-20-6-2-7-21-41,42-22-8-3-9-23-42)43-31-32-46-47-26-15-29-52-54(47)55(58-53(46)36-43)48-35-38(30-33-51(48)57-52)37-16-14-17-39(34-37)56-49-27-12-10-24-44(49)45-25-11-13-28-50(45)56/h1-36H. The van der Waals surface area contributed by atoms with Crippen molar-refractivity contribution in [3.63, 3.8) is 0 Å². The van der Waals surface area contributed by atoms with Crippen LogP contribution in [-0.2, 0) is 0 Å². The molecule has 59 heavy (non-hydrogen) atoms. The van der Waals surface area contributed by atoms with Crippen LogP contribution < -0.4 is 41.1 Å². The largest absolute Gasteiger partial charge is 0.551 e. The zero-order valence-corrected chi connectivity index (χ0v) is 33.1. The molecule has 0 unspecified atom stereocenters. The van der Waals surface area contributed by atoms with Gasteiger partial charge >= 0.3 is 6.92 Å². The summed E-state index contributed by atoms with van der Waals surface area (Å²) in [6.07, 6.45) is 0. The average molecular weight is 770 g/mol. The van der Waals surface area contributed by atoms with Crippen molar-refractivity contribution in [2.45, 2.75) is 0 Å². The molecule has 1 aromatic heterocycles. The van der Waals surface area contributed by atoms with Crippen LogP contribution in [0.15, 0.2) is 218 Å². The molecule has 10 aromatic rings. The zero-order valence-electron chi connectivity index (χ0n) is 32.1. The van der Waals surface area contributed by atoms with E-state index in [-0.39, 0.29) is 6.92 Å². The quantitative estimate of drug-likeness (QED) is 0.125. The molecule has 0 atom stereocenters. The summed E-state index contributed by atoms with van der Waals surface area (Å²) in [5.74, 6) is 2.56. The lowest BCUT2D eigenvalue weighted by atomic mass is 9.50. The Morgan fingerprint density at radius 2 is 0.983 bits per heavy atom. The fourth-order valence-electron chi connectivity index (χ4n) is 9.85. The van der Waals surface area contributed by atoms with Crippen LogP contribution in [0.2, 0.25) is 0 Å². The topological polar surface area (TPSA) is 23.4 Å². The third-order valence-electron chi connectivity index (χ3n) is 12.4. The first-order valence-corrected chi connectivity index (χ1v) is 22.3. The maximum absolute atomic E-state index is 7.32. The molecule has 3 nitrogen and oxygen atoms in total. The van der Waals surface area contributed by atoms with E-state index >= 15 is 0 Å². The normalized spacial score (nSPS) is 12.6. The number of hydrogen-bond donors (Lipinski definition) is 0. The smallest absolute Gasteiger partial charge is 0.434 e. The fraction of sp³-hybridized carbons (Fsp3) is 0. The molecule has 2 aliphatic heterocycles. The molecule has 5 heteroatoms. The van der Waals surface area contributed by atoms with E-state index in [1.807, 2.05) is 0 Å². The van der Waals surface area contributed by atoms with Crippen molar-refractivity contribution in [1.82, 2.24) is 4.57 Å². The van der Waals surface area contributed by atoms with Crippen LogP contribution in [0.3, 0.4) is 0 Å². The maximum atomic E-state index is 7.32. The summed E-state index contributed by atoms with van der Waals surface area (Å²) in [6.45, 7) is -0.339. The van der Waals surface area contributed by atoms with Crippen molar-refractivity contribution >= 4 is 68.5 Å². The van der Waals surface area contributed by atoms with Crippen molar-refractivity contribution in [1.29, 1.82) is 0 Å². The van der Waals surface area contributed by atoms with Gasteiger partial charge in [-0.25, -0.2) is 0 Å². The minimum atomic E-state index is -2.77. The highest BCUT2D eigenvalue weighted by Gasteiger charge is 2.44. The van der Waals surface area contributed by atoms with Crippen molar-refractivity contribution in [2.75, 3.05) is 0 Å². The molecule has 0 fully saturated rings. The monoisotopic (exact) mass is 769 g/mol. The second-order valence-electron chi connectivity index (χ2n) is 15.5. The van der Waals surface area contributed by atoms with Crippen LogP contribution in [0, 0.1) is 0 Å². The van der Waals surface area contributed by atoms with Crippen LogP contribution in [0.4, 0.5) is 0 Å². The summed E-state index contributed by atoms with van der Waals surface area (Å²) in [4.78, 5) is 0. The van der Waals surface area contributed by atoms with Gasteiger partial charge in [-0.05, 0) is 79.9 Å². The Morgan fingerprint density at radius 3 is 1.64 bits per heavy atom. The Kier molecular flexibility index (Phi) is 7.65.